The van der Waals surface area contributed by atoms with Crippen molar-refractivity contribution in [2.24, 2.45) is 0 Å². The number of amides is 1. The van der Waals surface area contributed by atoms with E-state index in [-0.39, 0.29) is 5.91 Å². The number of aryl methyl sites for hydroxylation is 1. The van der Waals surface area contributed by atoms with Gasteiger partial charge in [0.15, 0.2) is 0 Å². The minimum Gasteiger partial charge on any atom is -0.353 e. The molecule has 0 saturated carbocycles. The summed E-state index contributed by atoms with van der Waals surface area (Å²) in [6.45, 7) is 4.78. The van der Waals surface area contributed by atoms with Gasteiger partial charge in [0.25, 0.3) is 5.91 Å². The van der Waals surface area contributed by atoms with Crippen LogP contribution in [0.2, 0.25) is 0 Å². The fraction of sp³-hybridized carbons (Fsp3) is 0.263. The van der Waals surface area contributed by atoms with E-state index in [1.807, 2.05) is 52.9 Å². The standard InChI is InChI=1S/C19H19IN6O/c1-14-21-6-7-26(14)18-12-17(22-13-23-18)24-8-10-25(11-9-24)19(27)15-4-2-3-5-16(15)20/h2-7,12-13H,8-11H2,1H3. The molecule has 3 aromatic rings. The first-order valence-electron chi connectivity index (χ1n) is 8.74. The van der Waals surface area contributed by atoms with Crippen molar-refractivity contribution in [2.45, 2.75) is 6.92 Å². The Balaban J connectivity index is 1.46. The van der Waals surface area contributed by atoms with Gasteiger partial charge >= 0.3 is 0 Å². The number of carbonyl (C=O) groups is 1. The largest absolute Gasteiger partial charge is 0.353 e. The molecule has 0 unspecified atom stereocenters. The lowest BCUT2D eigenvalue weighted by atomic mass is 10.2. The van der Waals surface area contributed by atoms with E-state index < -0.39 is 0 Å². The van der Waals surface area contributed by atoms with Crippen molar-refractivity contribution in [3.63, 3.8) is 0 Å². The van der Waals surface area contributed by atoms with E-state index in [9.17, 15) is 4.79 Å². The zero-order valence-corrected chi connectivity index (χ0v) is 17.1. The maximum absolute atomic E-state index is 12.8. The van der Waals surface area contributed by atoms with Gasteiger partial charge in [0, 0.05) is 48.2 Å². The molecule has 27 heavy (non-hydrogen) atoms. The molecular weight excluding hydrogens is 455 g/mol. The lowest BCUT2D eigenvalue weighted by Gasteiger charge is -2.35. The van der Waals surface area contributed by atoms with E-state index >= 15 is 0 Å². The number of imidazole rings is 1. The van der Waals surface area contributed by atoms with E-state index in [1.54, 1.807) is 12.5 Å². The maximum Gasteiger partial charge on any atom is 0.255 e. The number of halogens is 1. The van der Waals surface area contributed by atoms with Crippen molar-refractivity contribution < 1.29 is 4.79 Å². The zero-order chi connectivity index (χ0) is 18.8. The van der Waals surface area contributed by atoms with Gasteiger partial charge in [-0.3, -0.25) is 9.36 Å². The van der Waals surface area contributed by atoms with Crippen LogP contribution in [0, 0.1) is 10.5 Å². The molecule has 1 aliphatic heterocycles. The van der Waals surface area contributed by atoms with Crippen LogP contribution in [0.5, 0.6) is 0 Å². The molecule has 1 fully saturated rings. The fourth-order valence-corrected chi connectivity index (χ4v) is 3.82. The Morgan fingerprint density at radius 1 is 1.04 bits per heavy atom. The summed E-state index contributed by atoms with van der Waals surface area (Å²) in [5.74, 6) is 2.64. The Morgan fingerprint density at radius 3 is 2.48 bits per heavy atom. The molecule has 0 atom stereocenters. The molecule has 0 aliphatic carbocycles. The summed E-state index contributed by atoms with van der Waals surface area (Å²) >= 11 is 2.21. The number of piperazine rings is 1. The number of aromatic nitrogens is 4. The fourth-order valence-electron chi connectivity index (χ4n) is 3.21. The van der Waals surface area contributed by atoms with Gasteiger partial charge in [-0.25, -0.2) is 15.0 Å². The number of hydrogen-bond acceptors (Lipinski definition) is 5. The number of rotatable bonds is 3. The van der Waals surface area contributed by atoms with Gasteiger partial charge in [0.2, 0.25) is 0 Å². The van der Waals surface area contributed by atoms with Crippen LogP contribution in [-0.4, -0.2) is 56.5 Å². The summed E-state index contributed by atoms with van der Waals surface area (Å²) in [5, 5.41) is 0. The smallest absolute Gasteiger partial charge is 0.255 e. The van der Waals surface area contributed by atoms with Crippen molar-refractivity contribution in [3.8, 4) is 5.82 Å². The molecule has 7 nitrogen and oxygen atoms in total. The summed E-state index contributed by atoms with van der Waals surface area (Å²) in [4.78, 5) is 29.9. The first kappa shape index (κ1) is 17.9. The Hall–Kier alpha value is -2.49. The molecule has 0 bridgehead atoms. The van der Waals surface area contributed by atoms with E-state index in [0.717, 1.165) is 39.7 Å². The number of hydrogen-bond donors (Lipinski definition) is 0. The lowest BCUT2D eigenvalue weighted by molar-refractivity contribution is 0.0745. The van der Waals surface area contributed by atoms with E-state index in [2.05, 4.69) is 42.4 Å². The van der Waals surface area contributed by atoms with Gasteiger partial charge in [-0.05, 0) is 41.6 Å². The van der Waals surface area contributed by atoms with E-state index in [4.69, 9.17) is 0 Å². The highest BCUT2D eigenvalue weighted by molar-refractivity contribution is 14.1. The van der Waals surface area contributed by atoms with Crippen molar-refractivity contribution in [1.29, 1.82) is 0 Å². The predicted molar refractivity (Wildman–Crippen MR) is 111 cm³/mol. The normalized spacial score (nSPS) is 14.4. The highest BCUT2D eigenvalue weighted by Crippen LogP contribution is 2.19. The molecule has 0 spiro atoms. The molecule has 2 aromatic heterocycles. The van der Waals surface area contributed by atoms with Gasteiger partial charge in [0.1, 0.15) is 23.8 Å². The van der Waals surface area contributed by atoms with Crippen molar-refractivity contribution in [2.75, 3.05) is 31.1 Å². The molecule has 1 saturated heterocycles. The van der Waals surface area contributed by atoms with Crippen molar-refractivity contribution >= 4 is 34.3 Å². The second-order valence-corrected chi connectivity index (χ2v) is 7.50. The highest BCUT2D eigenvalue weighted by Gasteiger charge is 2.24. The van der Waals surface area contributed by atoms with Crippen molar-refractivity contribution in [1.82, 2.24) is 24.4 Å². The molecule has 138 valence electrons. The van der Waals surface area contributed by atoms with Gasteiger partial charge < -0.3 is 9.80 Å². The van der Waals surface area contributed by atoms with Crippen LogP contribution in [0.3, 0.4) is 0 Å². The molecule has 1 aliphatic rings. The van der Waals surface area contributed by atoms with Crippen LogP contribution in [0.1, 0.15) is 16.2 Å². The van der Waals surface area contributed by atoms with Gasteiger partial charge in [0.05, 0.1) is 5.56 Å². The molecule has 4 rings (SSSR count). The van der Waals surface area contributed by atoms with Crippen LogP contribution in [-0.2, 0) is 0 Å². The zero-order valence-electron chi connectivity index (χ0n) is 14.9. The topological polar surface area (TPSA) is 67.2 Å². The predicted octanol–water partition coefficient (Wildman–Crippen LogP) is 2.54. The first-order valence-corrected chi connectivity index (χ1v) is 9.82. The summed E-state index contributed by atoms with van der Waals surface area (Å²) in [6.07, 6.45) is 5.22. The van der Waals surface area contributed by atoms with Crippen molar-refractivity contribution in [3.05, 3.63) is 64.0 Å². The first-order chi connectivity index (χ1) is 13.1. The van der Waals surface area contributed by atoms with Gasteiger partial charge in [-0.1, -0.05) is 12.1 Å². The summed E-state index contributed by atoms with van der Waals surface area (Å²) < 4.78 is 2.92. The van der Waals surface area contributed by atoms with Crippen LogP contribution >= 0.6 is 22.6 Å². The van der Waals surface area contributed by atoms with Gasteiger partial charge in [-0.2, -0.15) is 0 Å². The number of nitrogens with zero attached hydrogens (tertiary/aromatic N) is 6. The van der Waals surface area contributed by atoms with Crippen LogP contribution in [0.15, 0.2) is 49.1 Å². The second-order valence-electron chi connectivity index (χ2n) is 6.34. The number of benzene rings is 1. The van der Waals surface area contributed by atoms with Gasteiger partial charge in [-0.15, -0.1) is 0 Å². The third kappa shape index (κ3) is 3.66. The van der Waals surface area contributed by atoms with E-state index in [1.165, 1.54) is 0 Å². The summed E-state index contributed by atoms with van der Waals surface area (Å²) in [7, 11) is 0. The Morgan fingerprint density at radius 2 is 1.78 bits per heavy atom. The third-order valence-electron chi connectivity index (χ3n) is 4.71. The quantitative estimate of drug-likeness (QED) is 0.546. The average molecular weight is 474 g/mol. The SMILES string of the molecule is Cc1nccn1-c1cc(N2CCN(C(=O)c3ccccc3I)CC2)ncn1. The molecule has 1 amide bonds. The molecule has 8 heteroatoms. The second kappa shape index (κ2) is 7.63. The van der Waals surface area contributed by atoms with Crippen LogP contribution in [0.25, 0.3) is 5.82 Å². The Labute approximate surface area is 171 Å². The summed E-state index contributed by atoms with van der Waals surface area (Å²) in [5.41, 5.74) is 0.770. The minimum absolute atomic E-state index is 0.0945. The average Bonchev–Trinajstić information content (AvgIpc) is 3.14. The van der Waals surface area contributed by atoms with Crippen LogP contribution in [0.4, 0.5) is 5.82 Å². The third-order valence-corrected chi connectivity index (χ3v) is 5.65. The Kier molecular flexibility index (Phi) is 5.06. The summed E-state index contributed by atoms with van der Waals surface area (Å²) in [6, 6.07) is 9.68. The number of carbonyl (C=O) groups excluding carboxylic acids is 1. The molecular formula is C19H19IN6O. The number of anilines is 1. The Bertz CT molecular complexity index is 964. The molecule has 3 heterocycles. The minimum atomic E-state index is 0.0945. The molecule has 0 radical (unpaired) electrons. The monoisotopic (exact) mass is 474 g/mol. The maximum atomic E-state index is 12.8. The highest BCUT2D eigenvalue weighted by atomic mass is 127. The molecule has 0 N–H and O–H groups in total. The molecule has 1 aromatic carbocycles. The van der Waals surface area contributed by atoms with Crippen LogP contribution < -0.4 is 4.90 Å². The van der Waals surface area contributed by atoms with E-state index in [0.29, 0.717) is 13.1 Å². The lowest BCUT2D eigenvalue weighted by Crippen LogP contribution is -2.49.